The highest BCUT2D eigenvalue weighted by molar-refractivity contribution is 7.10. The third-order valence-electron chi connectivity index (χ3n) is 5.25. The number of piperazine rings is 1. The Morgan fingerprint density at radius 1 is 1.24 bits per heavy atom. The van der Waals surface area contributed by atoms with Crippen LogP contribution in [0.5, 0.6) is 0 Å². The van der Waals surface area contributed by atoms with E-state index in [4.69, 9.17) is 0 Å². The molecule has 114 valence electrons. The van der Waals surface area contributed by atoms with Gasteiger partial charge in [-0.2, -0.15) is 0 Å². The lowest BCUT2D eigenvalue weighted by atomic mass is 9.86. The number of nitrogens with one attached hydrogen (secondary N) is 1. The van der Waals surface area contributed by atoms with E-state index in [1.165, 1.54) is 16.9 Å². The van der Waals surface area contributed by atoms with Crippen LogP contribution in [0.1, 0.15) is 29.2 Å². The zero-order valence-electron chi connectivity index (χ0n) is 12.4. The number of hydrogen-bond acceptors (Lipinski definition) is 4. The summed E-state index contributed by atoms with van der Waals surface area (Å²) < 4.78 is 0. The van der Waals surface area contributed by atoms with Crippen molar-refractivity contribution in [2.45, 2.75) is 31.2 Å². The zero-order chi connectivity index (χ0) is 14.2. The zero-order valence-corrected chi connectivity index (χ0v) is 13.2. The molecule has 0 spiro atoms. The first-order valence-corrected chi connectivity index (χ1v) is 9.01. The van der Waals surface area contributed by atoms with E-state index in [9.17, 15) is 4.79 Å². The maximum absolute atomic E-state index is 12.9. The molecule has 1 aliphatic carbocycles. The fraction of sp³-hybridized carbons (Fsp3) is 0.688. The number of carbonyl (C=O) groups excluding carboxylic acids is 1. The molecule has 4 nitrogen and oxygen atoms in total. The number of rotatable bonds is 2. The van der Waals surface area contributed by atoms with Crippen LogP contribution in [0.25, 0.3) is 0 Å². The molecule has 2 fully saturated rings. The molecule has 0 radical (unpaired) electrons. The SMILES string of the molecule is O=C(C1CCCc2sccc21)N1CCN(C2CNC2)CC1. The Balaban J connectivity index is 1.40. The molecule has 2 aliphatic heterocycles. The van der Waals surface area contributed by atoms with E-state index in [-0.39, 0.29) is 5.92 Å². The second kappa shape index (κ2) is 5.71. The van der Waals surface area contributed by atoms with E-state index in [2.05, 4.69) is 26.6 Å². The fourth-order valence-electron chi connectivity index (χ4n) is 3.80. The summed E-state index contributed by atoms with van der Waals surface area (Å²) in [4.78, 5) is 19.0. The third-order valence-corrected chi connectivity index (χ3v) is 6.25. The second-order valence-corrected chi connectivity index (χ2v) is 7.42. The van der Waals surface area contributed by atoms with Crippen molar-refractivity contribution >= 4 is 17.2 Å². The molecule has 1 aromatic heterocycles. The summed E-state index contributed by atoms with van der Waals surface area (Å²) in [6.45, 7) is 6.14. The van der Waals surface area contributed by atoms with E-state index in [0.29, 0.717) is 11.9 Å². The van der Waals surface area contributed by atoms with Crippen LogP contribution < -0.4 is 5.32 Å². The number of hydrogen-bond donors (Lipinski definition) is 1. The summed E-state index contributed by atoms with van der Waals surface area (Å²) in [5.74, 6) is 0.512. The molecule has 4 rings (SSSR count). The van der Waals surface area contributed by atoms with Crippen LogP contribution in [0.4, 0.5) is 0 Å². The van der Waals surface area contributed by atoms with Gasteiger partial charge >= 0.3 is 0 Å². The molecule has 0 aromatic carbocycles. The fourth-order valence-corrected chi connectivity index (χ4v) is 4.79. The average Bonchev–Trinajstić information content (AvgIpc) is 2.94. The quantitative estimate of drug-likeness (QED) is 0.894. The number of nitrogens with zero attached hydrogens (tertiary/aromatic N) is 2. The highest BCUT2D eigenvalue weighted by atomic mass is 32.1. The van der Waals surface area contributed by atoms with Crippen molar-refractivity contribution in [3.05, 3.63) is 21.9 Å². The molecule has 21 heavy (non-hydrogen) atoms. The van der Waals surface area contributed by atoms with Gasteiger partial charge in [0.2, 0.25) is 5.91 Å². The van der Waals surface area contributed by atoms with Crippen molar-refractivity contribution in [2.24, 2.45) is 0 Å². The molecule has 1 amide bonds. The Morgan fingerprint density at radius 3 is 2.76 bits per heavy atom. The normalized spacial score (nSPS) is 27.2. The standard InChI is InChI=1S/C16H23N3OS/c20-16(14-2-1-3-15-13(14)4-9-21-15)19-7-5-18(6-8-19)12-10-17-11-12/h4,9,12,14,17H,1-3,5-8,10-11H2. The average molecular weight is 305 g/mol. The van der Waals surface area contributed by atoms with Crippen LogP contribution in [0, 0.1) is 0 Å². The van der Waals surface area contributed by atoms with Crippen molar-refractivity contribution in [2.75, 3.05) is 39.3 Å². The van der Waals surface area contributed by atoms with E-state index in [1.807, 2.05) is 11.3 Å². The molecule has 1 unspecified atom stereocenters. The van der Waals surface area contributed by atoms with Crippen molar-refractivity contribution in [3.63, 3.8) is 0 Å². The minimum Gasteiger partial charge on any atom is -0.340 e. The molecule has 3 heterocycles. The molecule has 0 saturated carbocycles. The predicted octanol–water partition coefficient (Wildman–Crippen LogP) is 1.28. The van der Waals surface area contributed by atoms with Crippen molar-refractivity contribution < 1.29 is 4.79 Å². The molecule has 1 atom stereocenters. The second-order valence-electron chi connectivity index (χ2n) is 6.42. The Bertz CT molecular complexity index is 517. The number of fused-ring (bicyclic) bond motifs is 1. The van der Waals surface area contributed by atoms with Gasteiger partial charge in [0.1, 0.15) is 0 Å². The van der Waals surface area contributed by atoms with Crippen LogP contribution >= 0.6 is 11.3 Å². The van der Waals surface area contributed by atoms with Crippen LogP contribution in [-0.4, -0.2) is 61.0 Å². The van der Waals surface area contributed by atoms with E-state index < -0.39 is 0 Å². The topological polar surface area (TPSA) is 35.6 Å². The Kier molecular flexibility index (Phi) is 3.73. The lowest BCUT2D eigenvalue weighted by molar-refractivity contribution is -0.135. The largest absolute Gasteiger partial charge is 0.340 e. The first kappa shape index (κ1) is 13.7. The predicted molar refractivity (Wildman–Crippen MR) is 84.8 cm³/mol. The minimum atomic E-state index is 0.136. The molecule has 3 aliphatic rings. The molecule has 2 saturated heterocycles. The maximum atomic E-state index is 12.9. The summed E-state index contributed by atoms with van der Waals surface area (Å²) in [5, 5.41) is 5.48. The Morgan fingerprint density at radius 2 is 2.05 bits per heavy atom. The monoisotopic (exact) mass is 305 g/mol. The first-order valence-electron chi connectivity index (χ1n) is 8.13. The summed E-state index contributed by atoms with van der Waals surface area (Å²) in [5.41, 5.74) is 1.32. The van der Waals surface area contributed by atoms with Crippen LogP contribution in [-0.2, 0) is 11.2 Å². The third kappa shape index (κ3) is 2.51. The highest BCUT2D eigenvalue weighted by Crippen LogP contribution is 2.36. The van der Waals surface area contributed by atoms with Gasteiger partial charge in [-0.15, -0.1) is 11.3 Å². The summed E-state index contributed by atoms with van der Waals surface area (Å²) in [6, 6.07) is 2.89. The van der Waals surface area contributed by atoms with Crippen LogP contribution in [0.15, 0.2) is 11.4 Å². The van der Waals surface area contributed by atoms with Gasteiger partial charge in [0.25, 0.3) is 0 Å². The van der Waals surface area contributed by atoms with Gasteiger partial charge in [0.15, 0.2) is 0 Å². The van der Waals surface area contributed by atoms with Gasteiger partial charge in [0.05, 0.1) is 5.92 Å². The maximum Gasteiger partial charge on any atom is 0.230 e. The van der Waals surface area contributed by atoms with Gasteiger partial charge < -0.3 is 10.2 Å². The molecular formula is C16H23N3OS. The first-order chi connectivity index (χ1) is 10.3. The number of aryl methyl sites for hydroxylation is 1. The van der Waals surface area contributed by atoms with Crippen molar-refractivity contribution in [3.8, 4) is 0 Å². The van der Waals surface area contributed by atoms with E-state index in [1.54, 1.807) is 0 Å². The molecule has 1 aromatic rings. The van der Waals surface area contributed by atoms with Crippen LogP contribution in [0.3, 0.4) is 0 Å². The highest BCUT2D eigenvalue weighted by Gasteiger charge is 2.34. The van der Waals surface area contributed by atoms with Crippen molar-refractivity contribution in [1.29, 1.82) is 0 Å². The van der Waals surface area contributed by atoms with Gasteiger partial charge in [-0.25, -0.2) is 0 Å². The lowest BCUT2D eigenvalue weighted by Crippen LogP contribution is -2.62. The summed E-state index contributed by atoms with van der Waals surface area (Å²) in [7, 11) is 0. The van der Waals surface area contributed by atoms with Gasteiger partial charge in [-0.3, -0.25) is 9.69 Å². The smallest absolute Gasteiger partial charge is 0.230 e. The van der Waals surface area contributed by atoms with Gasteiger partial charge in [-0.1, -0.05) is 0 Å². The Labute approximate surface area is 130 Å². The Hall–Kier alpha value is -0.910. The van der Waals surface area contributed by atoms with E-state index >= 15 is 0 Å². The minimum absolute atomic E-state index is 0.136. The summed E-state index contributed by atoms with van der Waals surface area (Å²) in [6.07, 6.45) is 3.37. The number of thiophene rings is 1. The number of amides is 1. The summed E-state index contributed by atoms with van der Waals surface area (Å²) >= 11 is 1.82. The molecular weight excluding hydrogens is 282 g/mol. The van der Waals surface area contributed by atoms with Gasteiger partial charge in [-0.05, 0) is 36.3 Å². The van der Waals surface area contributed by atoms with E-state index in [0.717, 1.165) is 52.1 Å². The molecule has 5 heteroatoms. The number of carbonyl (C=O) groups is 1. The molecule has 1 N–H and O–H groups in total. The van der Waals surface area contributed by atoms with Gasteiger partial charge in [0, 0.05) is 50.2 Å². The van der Waals surface area contributed by atoms with Crippen LogP contribution in [0.2, 0.25) is 0 Å². The lowest BCUT2D eigenvalue weighted by Gasteiger charge is -2.44. The van der Waals surface area contributed by atoms with Crippen molar-refractivity contribution in [1.82, 2.24) is 15.1 Å². The molecule has 0 bridgehead atoms.